The molecule has 2 aromatic rings. The van der Waals surface area contributed by atoms with Gasteiger partial charge in [-0.05, 0) is 54.8 Å². The number of amides is 1. The second-order valence-electron chi connectivity index (χ2n) is 7.93. The number of likely N-dealkylation sites (tertiary alicyclic amines) is 1. The third-order valence-electron chi connectivity index (χ3n) is 5.98. The lowest BCUT2D eigenvalue weighted by Gasteiger charge is -2.27. The quantitative estimate of drug-likeness (QED) is 0.312. The summed E-state index contributed by atoms with van der Waals surface area (Å²) in [6.45, 7) is 0.840. The zero-order chi connectivity index (χ0) is 23.5. The molecule has 1 amide bonds. The number of nitrogens with zero attached hydrogens (tertiary/aromatic N) is 1. The van der Waals surface area contributed by atoms with Crippen LogP contribution >= 0.6 is 0 Å². The Labute approximate surface area is 191 Å². The average Bonchev–Trinajstić information content (AvgIpc) is 3.45. The Kier molecular flexibility index (Phi) is 6.46. The highest BCUT2D eigenvalue weighted by Crippen LogP contribution is 2.40. The first kappa shape index (κ1) is 22.5. The monoisotopic (exact) mass is 451 g/mol. The van der Waals surface area contributed by atoms with E-state index in [9.17, 15) is 19.5 Å². The molecule has 2 heterocycles. The summed E-state index contributed by atoms with van der Waals surface area (Å²) in [4.78, 5) is 39.4. The van der Waals surface area contributed by atoms with Gasteiger partial charge in [0.05, 0.1) is 37.5 Å². The van der Waals surface area contributed by atoms with Gasteiger partial charge in [0.1, 0.15) is 11.5 Å². The second-order valence-corrected chi connectivity index (χ2v) is 7.93. The molecule has 0 bridgehead atoms. The molecule has 8 heteroatoms. The highest BCUT2D eigenvalue weighted by Gasteiger charge is 2.47. The largest absolute Gasteiger partial charge is 0.507 e. The molecule has 2 atom stereocenters. The van der Waals surface area contributed by atoms with Gasteiger partial charge >= 0.3 is 5.97 Å². The van der Waals surface area contributed by atoms with Crippen molar-refractivity contribution >= 4 is 23.4 Å². The van der Waals surface area contributed by atoms with E-state index in [1.54, 1.807) is 48.5 Å². The van der Waals surface area contributed by atoms with E-state index in [1.165, 1.54) is 19.1 Å². The van der Waals surface area contributed by atoms with Gasteiger partial charge in [0.25, 0.3) is 11.7 Å². The van der Waals surface area contributed by atoms with Crippen LogP contribution < -0.4 is 4.74 Å². The number of carbonyl (C=O) groups excluding carboxylic acids is 3. The number of aliphatic hydroxyl groups excluding tert-OH is 1. The van der Waals surface area contributed by atoms with Crippen LogP contribution in [-0.4, -0.2) is 61.1 Å². The topological polar surface area (TPSA) is 102 Å². The van der Waals surface area contributed by atoms with Gasteiger partial charge in [-0.15, -0.1) is 0 Å². The average molecular weight is 451 g/mol. The molecular formula is C25H25NO7. The van der Waals surface area contributed by atoms with E-state index < -0.39 is 23.7 Å². The highest BCUT2D eigenvalue weighted by molar-refractivity contribution is 6.46. The van der Waals surface area contributed by atoms with Crippen LogP contribution in [0.2, 0.25) is 0 Å². The van der Waals surface area contributed by atoms with Gasteiger partial charge in [-0.2, -0.15) is 0 Å². The van der Waals surface area contributed by atoms with E-state index in [1.807, 2.05) is 0 Å². The molecule has 2 fully saturated rings. The number of methoxy groups -OCH3 is 2. The fourth-order valence-corrected chi connectivity index (χ4v) is 4.25. The molecule has 0 saturated carbocycles. The lowest BCUT2D eigenvalue weighted by Crippen LogP contribution is -2.36. The van der Waals surface area contributed by atoms with Crippen LogP contribution in [0.3, 0.4) is 0 Å². The summed E-state index contributed by atoms with van der Waals surface area (Å²) in [6.07, 6.45) is 1.50. The molecule has 33 heavy (non-hydrogen) atoms. The van der Waals surface area contributed by atoms with Crippen molar-refractivity contribution in [1.29, 1.82) is 0 Å². The van der Waals surface area contributed by atoms with Gasteiger partial charge < -0.3 is 24.2 Å². The first-order chi connectivity index (χ1) is 15.9. The zero-order valence-electron chi connectivity index (χ0n) is 18.4. The number of carbonyl (C=O) groups is 3. The Hall–Kier alpha value is -3.65. The molecule has 2 aromatic carbocycles. The van der Waals surface area contributed by atoms with Crippen molar-refractivity contribution in [2.45, 2.75) is 25.0 Å². The van der Waals surface area contributed by atoms with Crippen molar-refractivity contribution in [2.24, 2.45) is 0 Å². The molecule has 2 aliphatic rings. The molecule has 0 radical (unpaired) electrons. The van der Waals surface area contributed by atoms with Crippen LogP contribution in [0, 0.1) is 0 Å². The molecule has 2 aliphatic heterocycles. The molecule has 2 saturated heterocycles. The van der Waals surface area contributed by atoms with Crippen molar-refractivity contribution in [1.82, 2.24) is 4.90 Å². The number of esters is 1. The molecule has 0 aromatic heterocycles. The van der Waals surface area contributed by atoms with Crippen molar-refractivity contribution in [3.05, 3.63) is 70.8 Å². The fraction of sp³-hybridized carbons (Fsp3) is 0.320. The Morgan fingerprint density at radius 2 is 1.73 bits per heavy atom. The Balaban J connectivity index is 1.79. The summed E-state index contributed by atoms with van der Waals surface area (Å²) in [5.41, 5.74) is 1.32. The van der Waals surface area contributed by atoms with Crippen LogP contribution in [0.1, 0.15) is 40.4 Å². The van der Waals surface area contributed by atoms with E-state index in [0.717, 1.165) is 12.8 Å². The first-order valence-corrected chi connectivity index (χ1v) is 10.7. The normalized spacial score (nSPS) is 21.9. The lowest BCUT2D eigenvalue weighted by molar-refractivity contribution is -0.140. The van der Waals surface area contributed by atoms with Gasteiger partial charge in [0.2, 0.25) is 0 Å². The van der Waals surface area contributed by atoms with Crippen LogP contribution in [0.5, 0.6) is 5.75 Å². The lowest BCUT2D eigenvalue weighted by atomic mass is 9.94. The molecule has 0 unspecified atom stereocenters. The predicted molar refractivity (Wildman–Crippen MR) is 119 cm³/mol. The van der Waals surface area contributed by atoms with Gasteiger partial charge in [-0.1, -0.05) is 12.1 Å². The number of ether oxygens (including phenoxy) is 3. The summed E-state index contributed by atoms with van der Waals surface area (Å²) in [7, 11) is 2.82. The third kappa shape index (κ3) is 4.34. The number of aliphatic hydroxyl groups is 1. The summed E-state index contributed by atoms with van der Waals surface area (Å²) in [5.74, 6) is -1.62. The third-order valence-corrected chi connectivity index (χ3v) is 5.98. The molecule has 0 spiro atoms. The molecule has 0 aliphatic carbocycles. The van der Waals surface area contributed by atoms with E-state index in [0.29, 0.717) is 29.0 Å². The molecule has 8 nitrogen and oxygen atoms in total. The summed E-state index contributed by atoms with van der Waals surface area (Å²) >= 11 is 0. The predicted octanol–water partition coefficient (Wildman–Crippen LogP) is 3.08. The smallest absolute Gasteiger partial charge is 0.337 e. The maximum absolute atomic E-state index is 13.1. The van der Waals surface area contributed by atoms with Crippen LogP contribution in [0.15, 0.2) is 54.1 Å². The minimum Gasteiger partial charge on any atom is -0.507 e. The second kappa shape index (κ2) is 9.46. The fourth-order valence-electron chi connectivity index (χ4n) is 4.25. The Bertz CT molecular complexity index is 1080. The number of Topliss-reactive ketones (excluding diaryl/α,β-unsaturated/α-hetero) is 1. The summed E-state index contributed by atoms with van der Waals surface area (Å²) in [6, 6.07) is 12.2. The van der Waals surface area contributed by atoms with E-state index in [-0.39, 0.29) is 24.0 Å². The van der Waals surface area contributed by atoms with Gasteiger partial charge in [0, 0.05) is 18.7 Å². The van der Waals surface area contributed by atoms with Crippen LogP contribution in [0.4, 0.5) is 0 Å². The zero-order valence-corrected chi connectivity index (χ0v) is 18.4. The SMILES string of the molecule is COC(=O)c1ccc([C@@H]2C(=C(O)c3ccc(OC)cc3)C(=O)C(=O)N2C[C@@H]2CCCO2)cc1. The highest BCUT2D eigenvalue weighted by atomic mass is 16.5. The number of rotatable bonds is 6. The molecule has 1 N–H and O–H groups in total. The molecular weight excluding hydrogens is 426 g/mol. The minimum atomic E-state index is -0.817. The molecule has 172 valence electrons. The van der Waals surface area contributed by atoms with Gasteiger partial charge in [0.15, 0.2) is 0 Å². The van der Waals surface area contributed by atoms with Crippen LogP contribution in [-0.2, 0) is 19.1 Å². The molecule has 4 rings (SSSR count). The van der Waals surface area contributed by atoms with Crippen molar-refractivity contribution < 1.29 is 33.7 Å². The van der Waals surface area contributed by atoms with E-state index in [2.05, 4.69) is 0 Å². The maximum atomic E-state index is 13.1. The first-order valence-electron chi connectivity index (χ1n) is 10.7. The maximum Gasteiger partial charge on any atom is 0.337 e. The summed E-state index contributed by atoms with van der Waals surface area (Å²) < 4.78 is 15.6. The Morgan fingerprint density at radius 1 is 1.06 bits per heavy atom. The number of benzene rings is 2. The number of hydrogen-bond acceptors (Lipinski definition) is 7. The van der Waals surface area contributed by atoms with E-state index in [4.69, 9.17) is 14.2 Å². The van der Waals surface area contributed by atoms with Gasteiger partial charge in [-0.3, -0.25) is 9.59 Å². The Morgan fingerprint density at radius 3 is 2.30 bits per heavy atom. The number of ketones is 1. The van der Waals surface area contributed by atoms with Crippen LogP contribution in [0.25, 0.3) is 5.76 Å². The van der Waals surface area contributed by atoms with Crippen molar-refractivity contribution in [2.75, 3.05) is 27.4 Å². The van der Waals surface area contributed by atoms with Gasteiger partial charge in [-0.25, -0.2) is 4.79 Å². The van der Waals surface area contributed by atoms with Crippen molar-refractivity contribution in [3.63, 3.8) is 0 Å². The van der Waals surface area contributed by atoms with E-state index >= 15 is 0 Å². The standard InChI is InChI=1S/C25H25NO7/c1-31-18-11-9-16(10-12-18)22(27)20-21(15-5-7-17(8-6-15)25(30)32-2)26(24(29)23(20)28)14-19-4-3-13-33-19/h5-12,19,21,27H,3-4,13-14H2,1-2H3/t19-,21+/m0/s1. The number of hydrogen-bond donors (Lipinski definition) is 1. The van der Waals surface area contributed by atoms with Crippen molar-refractivity contribution in [3.8, 4) is 5.75 Å². The minimum absolute atomic E-state index is 0.00557. The summed E-state index contributed by atoms with van der Waals surface area (Å²) in [5, 5.41) is 11.1.